The van der Waals surface area contributed by atoms with E-state index in [9.17, 15) is 22.8 Å². The van der Waals surface area contributed by atoms with Crippen molar-refractivity contribution in [2.24, 2.45) is 0 Å². The molecule has 1 amide bonds. The van der Waals surface area contributed by atoms with E-state index in [2.05, 4.69) is 0 Å². The number of hydrogen-bond acceptors (Lipinski definition) is 3. The van der Waals surface area contributed by atoms with Crippen molar-refractivity contribution in [3.05, 3.63) is 59.7 Å². The summed E-state index contributed by atoms with van der Waals surface area (Å²) in [6.45, 7) is 0.447. The van der Waals surface area contributed by atoms with E-state index in [0.717, 1.165) is 29.2 Å². The molecule has 0 heterocycles. The fourth-order valence-electron chi connectivity index (χ4n) is 3.26. The molecule has 2 aromatic rings. The van der Waals surface area contributed by atoms with Crippen LogP contribution in [0.15, 0.2) is 48.5 Å². The van der Waals surface area contributed by atoms with Crippen molar-refractivity contribution in [2.75, 3.05) is 6.61 Å². The lowest BCUT2D eigenvalue weighted by Gasteiger charge is -2.28. The highest BCUT2D eigenvalue weighted by Crippen LogP contribution is 2.44. The van der Waals surface area contributed by atoms with Crippen molar-refractivity contribution in [3.8, 4) is 11.1 Å². The normalized spacial score (nSPS) is 14.2. The number of carboxylic acids is 1. The van der Waals surface area contributed by atoms with Crippen molar-refractivity contribution >= 4 is 12.1 Å². The Morgan fingerprint density at radius 3 is 2.00 bits per heavy atom. The number of carbonyl (C=O) groups is 2. The van der Waals surface area contributed by atoms with Gasteiger partial charge in [0, 0.05) is 5.92 Å². The maximum Gasteiger partial charge on any atom is 0.490 e. The molecule has 8 heteroatoms. The number of aliphatic carboxylic acids is 1. The van der Waals surface area contributed by atoms with Gasteiger partial charge in [-0.25, -0.2) is 14.5 Å². The lowest BCUT2D eigenvalue weighted by Crippen LogP contribution is -2.51. The molecule has 0 spiro atoms. The summed E-state index contributed by atoms with van der Waals surface area (Å²) in [5, 5.41) is 8.86. The van der Waals surface area contributed by atoms with Crippen molar-refractivity contribution in [2.45, 2.75) is 25.2 Å². The SMILES string of the molecule is C[C@@H](C(=O)O)N(C(=O)OCC1c2ccccc2-c2ccccc21)C(F)(F)F. The van der Waals surface area contributed by atoms with Crippen LogP contribution in [0, 0.1) is 0 Å². The zero-order valence-corrected chi connectivity index (χ0v) is 14.2. The summed E-state index contributed by atoms with van der Waals surface area (Å²) >= 11 is 0. The second-order valence-electron chi connectivity index (χ2n) is 6.16. The molecule has 142 valence electrons. The van der Waals surface area contributed by atoms with Crippen LogP contribution in [0.4, 0.5) is 18.0 Å². The van der Waals surface area contributed by atoms with Gasteiger partial charge in [-0.2, -0.15) is 0 Å². The van der Waals surface area contributed by atoms with Crippen LogP contribution in [-0.2, 0) is 9.53 Å². The highest BCUT2D eigenvalue weighted by molar-refractivity contribution is 5.81. The average molecular weight is 379 g/mol. The minimum Gasteiger partial charge on any atom is -0.480 e. The predicted molar refractivity (Wildman–Crippen MR) is 90.1 cm³/mol. The lowest BCUT2D eigenvalue weighted by atomic mass is 9.98. The molecule has 0 aromatic heterocycles. The van der Waals surface area contributed by atoms with Gasteiger partial charge in [0.15, 0.2) is 0 Å². The number of amides is 1. The summed E-state index contributed by atoms with van der Waals surface area (Å²) in [5.74, 6) is -2.20. The minimum absolute atomic E-state index is 0.328. The van der Waals surface area contributed by atoms with E-state index in [1.807, 2.05) is 36.4 Å². The maximum atomic E-state index is 13.1. The Bertz CT molecular complexity index is 836. The molecule has 27 heavy (non-hydrogen) atoms. The van der Waals surface area contributed by atoms with Gasteiger partial charge in [-0.05, 0) is 29.2 Å². The minimum atomic E-state index is -5.17. The summed E-state index contributed by atoms with van der Waals surface area (Å²) in [6.07, 6.45) is -6.90. The van der Waals surface area contributed by atoms with Crippen LogP contribution in [0.2, 0.25) is 0 Å². The van der Waals surface area contributed by atoms with Crippen LogP contribution in [0.3, 0.4) is 0 Å². The fourth-order valence-corrected chi connectivity index (χ4v) is 3.26. The Kier molecular flexibility index (Phi) is 4.82. The predicted octanol–water partition coefficient (Wildman–Crippen LogP) is 4.23. The van der Waals surface area contributed by atoms with E-state index in [1.54, 1.807) is 12.1 Å². The second kappa shape index (κ2) is 6.94. The number of carbonyl (C=O) groups excluding carboxylic acids is 1. The first-order valence-electron chi connectivity index (χ1n) is 8.15. The summed E-state index contributed by atoms with van der Waals surface area (Å²) in [5.41, 5.74) is 3.55. The monoisotopic (exact) mass is 379 g/mol. The summed E-state index contributed by atoms with van der Waals surface area (Å²) in [7, 11) is 0. The summed E-state index contributed by atoms with van der Waals surface area (Å²) in [4.78, 5) is 22.2. The second-order valence-corrected chi connectivity index (χ2v) is 6.16. The first-order chi connectivity index (χ1) is 12.7. The van der Waals surface area contributed by atoms with Gasteiger partial charge in [-0.3, -0.25) is 0 Å². The number of carboxylic acid groups (broad SMARTS) is 1. The van der Waals surface area contributed by atoms with Gasteiger partial charge in [0.1, 0.15) is 12.6 Å². The molecule has 1 aliphatic rings. The Morgan fingerprint density at radius 1 is 1.07 bits per heavy atom. The van der Waals surface area contributed by atoms with Crippen molar-refractivity contribution in [3.63, 3.8) is 0 Å². The van der Waals surface area contributed by atoms with Crippen molar-refractivity contribution in [1.82, 2.24) is 4.90 Å². The van der Waals surface area contributed by atoms with Crippen LogP contribution in [-0.4, -0.2) is 41.0 Å². The molecule has 0 aliphatic heterocycles. The quantitative estimate of drug-likeness (QED) is 0.808. The van der Waals surface area contributed by atoms with Crippen molar-refractivity contribution in [1.29, 1.82) is 0 Å². The fraction of sp³-hybridized carbons (Fsp3) is 0.263. The van der Waals surface area contributed by atoms with Gasteiger partial charge in [-0.15, -0.1) is 13.2 Å². The Morgan fingerprint density at radius 2 is 1.56 bits per heavy atom. The number of nitrogens with zero attached hydrogens (tertiary/aromatic N) is 1. The zero-order chi connectivity index (χ0) is 19.8. The van der Waals surface area contributed by atoms with Crippen molar-refractivity contribution < 1.29 is 32.6 Å². The van der Waals surface area contributed by atoms with E-state index in [1.165, 1.54) is 0 Å². The van der Waals surface area contributed by atoms with Crippen LogP contribution >= 0.6 is 0 Å². The molecule has 0 radical (unpaired) electrons. The topological polar surface area (TPSA) is 66.8 Å². The molecule has 2 aromatic carbocycles. The Labute approximate surface area is 153 Å². The zero-order valence-electron chi connectivity index (χ0n) is 14.2. The van der Waals surface area contributed by atoms with E-state index in [0.29, 0.717) is 0 Å². The molecule has 0 saturated carbocycles. The molecular weight excluding hydrogens is 363 g/mol. The van der Waals surface area contributed by atoms with Crippen LogP contribution < -0.4 is 0 Å². The highest BCUT2D eigenvalue weighted by atomic mass is 19.4. The van der Waals surface area contributed by atoms with Gasteiger partial charge in [0.05, 0.1) is 0 Å². The molecule has 0 saturated heterocycles. The third kappa shape index (κ3) is 3.47. The molecule has 1 atom stereocenters. The van der Waals surface area contributed by atoms with E-state index in [-0.39, 0.29) is 6.61 Å². The molecule has 3 rings (SSSR count). The van der Waals surface area contributed by atoms with Gasteiger partial charge in [0.2, 0.25) is 0 Å². The molecule has 0 unspecified atom stereocenters. The third-order valence-electron chi connectivity index (χ3n) is 4.55. The lowest BCUT2D eigenvalue weighted by molar-refractivity contribution is -0.242. The summed E-state index contributed by atoms with van der Waals surface area (Å²) < 4.78 is 44.3. The number of ether oxygens (including phenoxy) is 1. The third-order valence-corrected chi connectivity index (χ3v) is 4.55. The first kappa shape index (κ1) is 18.8. The number of alkyl halides is 3. The molecule has 1 aliphatic carbocycles. The molecule has 5 nitrogen and oxygen atoms in total. The number of rotatable bonds is 4. The van der Waals surface area contributed by atoms with E-state index in [4.69, 9.17) is 9.84 Å². The van der Waals surface area contributed by atoms with Crippen LogP contribution in [0.5, 0.6) is 0 Å². The van der Waals surface area contributed by atoms with Crippen LogP contribution in [0.25, 0.3) is 11.1 Å². The smallest absolute Gasteiger partial charge is 0.480 e. The van der Waals surface area contributed by atoms with E-state index < -0.39 is 35.2 Å². The summed E-state index contributed by atoms with van der Waals surface area (Å²) in [6, 6.07) is 12.6. The van der Waals surface area contributed by atoms with Crippen LogP contribution in [0.1, 0.15) is 24.0 Å². The number of hydrogen-bond donors (Lipinski definition) is 1. The van der Waals surface area contributed by atoms with E-state index >= 15 is 0 Å². The molecule has 0 fully saturated rings. The van der Waals surface area contributed by atoms with Gasteiger partial charge in [-0.1, -0.05) is 48.5 Å². The first-order valence-corrected chi connectivity index (χ1v) is 8.15. The largest absolute Gasteiger partial charge is 0.490 e. The average Bonchev–Trinajstić information content (AvgIpc) is 2.93. The van der Waals surface area contributed by atoms with Gasteiger partial charge < -0.3 is 9.84 Å². The highest BCUT2D eigenvalue weighted by Gasteiger charge is 2.48. The number of halogens is 3. The standard InChI is InChI=1S/C19H16F3NO4/c1-11(17(24)25)23(19(20,21)22)18(26)27-10-16-14-8-4-2-6-12(14)13-7-3-5-9-15(13)16/h2-9,11,16H,10H2,1H3,(H,24,25)/t11-/m0/s1. The Hall–Kier alpha value is -3.03. The molecular formula is C19H16F3NO4. The molecule has 1 N–H and O–H groups in total. The van der Waals surface area contributed by atoms with Gasteiger partial charge >= 0.3 is 18.4 Å². The number of benzene rings is 2. The number of fused-ring (bicyclic) bond motifs is 3. The molecule has 0 bridgehead atoms. The Balaban J connectivity index is 1.84. The maximum absolute atomic E-state index is 13.1. The van der Waals surface area contributed by atoms with Gasteiger partial charge in [0.25, 0.3) is 0 Å².